The van der Waals surface area contributed by atoms with Gasteiger partial charge in [0.15, 0.2) is 0 Å². The van der Waals surface area contributed by atoms with Crippen molar-refractivity contribution in [2.75, 3.05) is 6.54 Å². The Kier molecular flexibility index (Phi) is 4.84. The van der Waals surface area contributed by atoms with Gasteiger partial charge >= 0.3 is 6.18 Å². The maximum absolute atomic E-state index is 12.9. The summed E-state index contributed by atoms with van der Waals surface area (Å²) >= 11 is 1.58. The number of thiophene rings is 1. The van der Waals surface area contributed by atoms with E-state index in [2.05, 4.69) is 5.32 Å². The zero-order chi connectivity index (χ0) is 15.5. The molecule has 1 atom stereocenters. The van der Waals surface area contributed by atoms with E-state index in [9.17, 15) is 18.0 Å². The number of rotatable bonds is 5. The Balaban J connectivity index is 2.05. The smallest absolute Gasteiger partial charge is 0.308 e. The van der Waals surface area contributed by atoms with Crippen LogP contribution in [0.15, 0.2) is 40.5 Å². The van der Waals surface area contributed by atoms with E-state index >= 15 is 0 Å². The Labute approximate surface area is 124 Å². The summed E-state index contributed by atoms with van der Waals surface area (Å²) in [6, 6.07) is 7.10. The lowest BCUT2D eigenvalue weighted by Gasteiger charge is -2.17. The zero-order valence-corrected chi connectivity index (χ0v) is 12.2. The van der Waals surface area contributed by atoms with Crippen LogP contribution in [-0.2, 0) is 12.7 Å². The molecule has 0 spiro atoms. The molecule has 0 aliphatic heterocycles. The first-order chi connectivity index (χ1) is 9.89. The molecule has 0 bridgehead atoms. The molecular weight excluding hydrogens is 301 g/mol. The second-order valence-corrected chi connectivity index (χ2v) is 5.57. The van der Waals surface area contributed by atoms with Crippen molar-refractivity contribution in [3.05, 3.63) is 56.6 Å². The monoisotopic (exact) mass is 316 g/mol. The van der Waals surface area contributed by atoms with Crippen LogP contribution in [0.25, 0.3) is 0 Å². The molecule has 0 saturated carbocycles. The fourth-order valence-corrected chi connectivity index (χ4v) is 2.79. The number of alkyl halides is 3. The molecule has 0 saturated heterocycles. The van der Waals surface area contributed by atoms with Crippen LogP contribution in [0.2, 0.25) is 0 Å². The average Bonchev–Trinajstić information content (AvgIpc) is 2.93. The van der Waals surface area contributed by atoms with Gasteiger partial charge in [0.05, 0.1) is 0 Å². The number of hydrogen-bond donors (Lipinski definition) is 1. The number of nitrogens with one attached hydrogen (secondary N) is 1. The Morgan fingerprint density at radius 1 is 1.29 bits per heavy atom. The van der Waals surface area contributed by atoms with Gasteiger partial charge in [0.2, 0.25) is 0 Å². The topological polar surface area (TPSA) is 34.0 Å². The van der Waals surface area contributed by atoms with Gasteiger partial charge in [-0.3, -0.25) is 4.79 Å². The lowest BCUT2D eigenvalue weighted by molar-refractivity contribution is -0.144. The van der Waals surface area contributed by atoms with E-state index in [1.54, 1.807) is 11.3 Å². The van der Waals surface area contributed by atoms with Crippen LogP contribution in [0.5, 0.6) is 0 Å². The van der Waals surface area contributed by atoms with Gasteiger partial charge in [-0.25, -0.2) is 0 Å². The first-order valence-electron chi connectivity index (χ1n) is 6.43. The highest BCUT2D eigenvalue weighted by Crippen LogP contribution is 2.28. The minimum absolute atomic E-state index is 0.0236. The molecule has 2 heterocycles. The molecule has 21 heavy (non-hydrogen) atoms. The predicted octanol–water partition coefficient (Wildman–Crippen LogP) is 3.28. The maximum Gasteiger partial charge on any atom is 0.431 e. The summed E-state index contributed by atoms with van der Waals surface area (Å²) in [4.78, 5) is 12.7. The van der Waals surface area contributed by atoms with E-state index in [-0.39, 0.29) is 19.1 Å². The molecule has 0 aliphatic rings. The summed E-state index contributed by atoms with van der Waals surface area (Å²) in [5, 5.41) is 5.06. The normalized spacial score (nSPS) is 13.3. The van der Waals surface area contributed by atoms with Crippen molar-refractivity contribution in [3.63, 3.8) is 0 Å². The summed E-state index contributed by atoms with van der Waals surface area (Å²) in [7, 11) is 0. The van der Waals surface area contributed by atoms with Gasteiger partial charge in [0.25, 0.3) is 5.56 Å². The number of halogens is 3. The van der Waals surface area contributed by atoms with E-state index in [1.807, 2.05) is 24.4 Å². The Bertz CT molecular complexity index is 634. The van der Waals surface area contributed by atoms with Crippen molar-refractivity contribution in [2.45, 2.75) is 25.7 Å². The largest absolute Gasteiger partial charge is 0.431 e. The van der Waals surface area contributed by atoms with E-state index in [4.69, 9.17) is 0 Å². The molecule has 114 valence electrons. The molecule has 3 nitrogen and oxygen atoms in total. The van der Waals surface area contributed by atoms with E-state index < -0.39 is 17.4 Å². The number of hydrogen-bond acceptors (Lipinski definition) is 3. The average molecular weight is 316 g/mol. The fourth-order valence-electron chi connectivity index (χ4n) is 2.03. The lowest BCUT2D eigenvalue weighted by atomic mass is 10.2. The third-order valence-electron chi connectivity index (χ3n) is 3.10. The van der Waals surface area contributed by atoms with E-state index in [0.717, 1.165) is 27.6 Å². The molecule has 0 radical (unpaired) electrons. The Morgan fingerprint density at radius 3 is 2.67 bits per heavy atom. The molecule has 2 aromatic rings. The number of pyridine rings is 1. The van der Waals surface area contributed by atoms with Crippen LogP contribution in [0.1, 0.15) is 23.5 Å². The third-order valence-corrected chi connectivity index (χ3v) is 4.15. The number of aromatic nitrogens is 1. The van der Waals surface area contributed by atoms with Gasteiger partial charge in [0.1, 0.15) is 5.69 Å². The highest BCUT2D eigenvalue weighted by Gasteiger charge is 2.33. The van der Waals surface area contributed by atoms with Crippen LogP contribution < -0.4 is 10.9 Å². The molecular formula is C14H15F3N2OS. The zero-order valence-electron chi connectivity index (χ0n) is 11.4. The van der Waals surface area contributed by atoms with Crippen LogP contribution in [0.4, 0.5) is 13.2 Å². The fraction of sp³-hybridized carbons (Fsp3) is 0.357. The third kappa shape index (κ3) is 3.95. The Morgan fingerprint density at radius 2 is 2.05 bits per heavy atom. The van der Waals surface area contributed by atoms with Crippen LogP contribution in [-0.4, -0.2) is 11.1 Å². The second kappa shape index (κ2) is 6.44. The van der Waals surface area contributed by atoms with Gasteiger partial charge in [-0.05, 0) is 24.4 Å². The molecule has 2 rings (SSSR count). The minimum Gasteiger partial charge on any atom is -0.308 e. The predicted molar refractivity (Wildman–Crippen MR) is 76.4 cm³/mol. The molecule has 0 fully saturated rings. The first kappa shape index (κ1) is 15.8. The number of nitrogens with zero attached hydrogens (tertiary/aromatic N) is 1. The van der Waals surface area contributed by atoms with Crippen molar-refractivity contribution in [1.29, 1.82) is 0 Å². The SMILES string of the molecule is CC(NCCn1c(C(F)(F)F)cccc1=O)c1cccs1. The van der Waals surface area contributed by atoms with Gasteiger partial charge in [-0.15, -0.1) is 11.3 Å². The van der Waals surface area contributed by atoms with E-state index in [0.29, 0.717) is 0 Å². The molecule has 1 unspecified atom stereocenters. The highest BCUT2D eigenvalue weighted by molar-refractivity contribution is 7.10. The molecule has 0 aliphatic carbocycles. The van der Waals surface area contributed by atoms with Gasteiger partial charge in [-0.1, -0.05) is 12.1 Å². The molecule has 1 N–H and O–H groups in total. The van der Waals surface area contributed by atoms with Gasteiger partial charge in [0, 0.05) is 30.1 Å². The molecule has 7 heteroatoms. The van der Waals surface area contributed by atoms with Crippen molar-refractivity contribution < 1.29 is 13.2 Å². The van der Waals surface area contributed by atoms with Crippen molar-refractivity contribution >= 4 is 11.3 Å². The summed E-state index contributed by atoms with van der Waals surface area (Å²) in [5.41, 5.74) is -1.56. The second-order valence-electron chi connectivity index (χ2n) is 4.59. The lowest BCUT2D eigenvalue weighted by Crippen LogP contribution is -2.32. The minimum atomic E-state index is -4.53. The first-order valence-corrected chi connectivity index (χ1v) is 7.31. The maximum atomic E-state index is 12.9. The van der Waals surface area contributed by atoms with Crippen LogP contribution >= 0.6 is 11.3 Å². The summed E-state index contributed by atoms with van der Waals surface area (Å²) in [6.07, 6.45) is -4.53. The van der Waals surface area contributed by atoms with Gasteiger partial charge < -0.3 is 9.88 Å². The highest BCUT2D eigenvalue weighted by atomic mass is 32.1. The van der Waals surface area contributed by atoms with Gasteiger partial charge in [-0.2, -0.15) is 13.2 Å². The molecule has 0 amide bonds. The van der Waals surface area contributed by atoms with E-state index in [1.165, 1.54) is 0 Å². The van der Waals surface area contributed by atoms with Crippen LogP contribution in [0.3, 0.4) is 0 Å². The summed E-state index contributed by atoms with van der Waals surface area (Å²) in [5.74, 6) is 0. The summed E-state index contributed by atoms with van der Waals surface area (Å²) in [6.45, 7) is 2.20. The van der Waals surface area contributed by atoms with Crippen molar-refractivity contribution in [1.82, 2.24) is 9.88 Å². The van der Waals surface area contributed by atoms with Crippen LogP contribution in [0, 0.1) is 0 Å². The molecule has 0 aromatic carbocycles. The standard InChI is InChI=1S/C14H15F3N2OS/c1-10(11-4-3-9-21-11)18-7-8-19-12(14(15,16)17)5-2-6-13(19)20/h2-6,9-10,18H,7-8H2,1H3. The van der Waals surface area contributed by atoms with Crippen molar-refractivity contribution in [2.24, 2.45) is 0 Å². The molecule has 2 aromatic heterocycles. The van der Waals surface area contributed by atoms with Crippen molar-refractivity contribution in [3.8, 4) is 0 Å². The Hall–Kier alpha value is -1.60. The summed E-state index contributed by atoms with van der Waals surface area (Å²) < 4.78 is 39.3. The quantitative estimate of drug-likeness (QED) is 0.918.